The highest BCUT2D eigenvalue weighted by atomic mass is 16.5. The molecule has 31 heavy (non-hydrogen) atoms. The summed E-state index contributed by atoms with van der Waals surface area (Å²) >= 11 is 0. The summed E-state index contributed by atoms with van der Waals surface area (Å²) in [4.78, 5) is 26.5. The van der Waals surface area contributed by atoms with Gasteiger partial charge < -0.3 is 30.3 Å². The molecule has 8 nitrogen and oxygen atoms in total. The fraction of sp³-hybridized carbons (Fsp3) is 0.391. The van der Waals surface area contributed by atoms with Crippen molar-refractivity contribution < 1.29 is 19.1 Å². The van der Waals surface area contributed by atoms with E-state index in [1.54, 1.807) is 36.3 Å². The topological polar surface area (TPSA) is 91.9 Å². The molecule has 0 radical (unpaired) electrons. The summed E-state index contributed by atoms with van der Waals surface area (Å²) in [7, 11) is 1.60. The molecule has 0 spiro atoms. The third kappa shape index (κ3) is 7.18. The molecule has 3 amide bonds. The number of piperazine rings is 1. The monoisotopic (exact) mass is 426 g/mol. The van der Waals surface area contributed by atoms with E-state index in [1.165, 1.54) is 5.56 Å². The van der Waals surface area contributed by atoms with Crippen LogP contribution in [0.1, 0.15) is 12.0 Å². The molecule has 8 heteroatoms. The van der Waals surface area contributed by atoms with Crippen LogP contribution in [0.25, 0.3) is 0 Å². The molecule has 0 aliphatic carbocycles. The van der Waals surface area contributed by atoms with Crippen molar-refractivity contribution in [2.24, 2.45) is 0 Å². The maximum atomic E-state index is 12.6. The number of amides is 3. The van der Waals surface area contributed by atoms with Gasteiger partial charge in [0.05, 0.1) is 13.7 Å². The van der Waals surface area contributed by atoms with Gasteiger partial charge in [0, 0.05) is 37.8 Å². The lowest BCUT2D eigenvalue weighted by Gasteiger charge is -2.33. The molecule has 1 fully saturated rings. The van der Waals surface area contributed by atoms with E-state index < -0.39 is 0 Å². The number of nitrogens with one attached hydrogen (secondary N) is 3. The molecule has 166 valence electrons. The Bertz CT molecular complexity index is 855. The summed E-state index contributed by atoms with van der Waals surface area (Å²) in [6, 6.07) is 14.7. The average molecular weight is 427 g/mol. The number of methoxy groups -OCH3 is 1. The number of nitrogens with zero attached hydrogens (tertiary/aromatic N) is 1. The molecule has 1 aliphatic rings. The van der Waals surface area contributed by atoms with Gasteiger partial charge in [-0.2, -0.15) is 0 Å². The largest absolute Gasteiger partial charge is 0.497 e. The average Bonchev–Trinajstić information content (AvgIpc) is 2.78. The summed E-state index contributed by atoms with van der Waals surface area (Å²) in [5, 5.41) is 9.06. The van der Waals surface area contributed by atoms with Crippen LogP contribution >= 0.6 is 0 Å². The zero-order valence-electron chi connectivity index (χ0n) is 18.0. The molecule has 1 atom stereocenters. The molecule has 1 saturated heterocycles. The van der Waals surface area contributed by atoms with Crippen molar-refractivity contribution in [1.29, 1.82) is 0 Å². The van der Waals surface area contributed by atoms with Crippen LogP contribution in [0.2, 0.25) is 0 Å². The molecule has 0 bridgehead atoms. The van der Waals surface area contributed by atoms with E-state index in [-0.39, 0.29) is 18.0 Å². The molecule has 3 rings (SSSR count). The van der Waals surface area contributed by atoms with Gasteiger partial charge in [-0.3, -0.25) is 4.79 Å². The highest BCUT2D eigenvalue weighted by Gasteiger charge is 2.25. The van der Waals surface area contributed by atoms with Crippen molar-refractivity contribution in [3.05, 3.63) is 54.1 Å². The molecule has 1 unspecified atom stereocenters. The Hall–Kier alpha value is -3.26. The van der Waals surface area contributed by atoms with Crippen LogP contribution in [-0.2, 0) is 4.79 Å². The normalized spacial score (nSPS) is 15.8. The lowest BCUT2D eigenvalue weighted by molar-refractivity contribution is -0.121. The minimum atomic E-state index is -0.177. The summed E-state index contributed by atoms with van der Waals surface area (Å²) in [6.07, 6.45) is 0.302. The van der Waals surface area contributed by atoms with Gasteiger partial charge in [-0.25, -0.2) is 4.79 Å². The molecule has 1 heterocycles. The first-order valence-corrected chi connectivity index (χ1v) is 10.4. The van der Waals surface area contributed by atoms with Crippen LogP contribution in [0.3, 0.4) is 0 Å². The van der Waals surface area contributed by atoms with E-state index in [9.17, 15) is 9.59 Å². The molecule has 0 saturated carbocycles. The maximum Gasteiger partial charge on any atom is 0.321 e. The second-order valence-corrected chi connectivity index (χ2v) is 7.47. The SMILES string of the molecule is COc1ccc(NC(=O)N2CCNC(CC(=O)NCCOc3ccc(C)cc3)C2)cc1. The first-order chi connectivity index (χ1) is 15.0. The van der Waals surface area contributed by atoms with Crippen LogP contribution in [0.15, 0.2) is 48.5 Å². The second kappa shape index (κ2) is 11.2. The van der Waals surface area contributed by atoms with E-state index in [2.05, 4.69) is 16.0 Å². The van der Waals surface area contributed by atoms with Crippen LogP contribution in [-0.4, -0.2) is 62.8 Å². The van der Waals surface area contributed by atoms with Crippen LogP contribution in [0, 0.1) is 6.92 Å². The smallest absolute Gasteiger partial charge is 0.321 e. The van der Waals surface area contributed by atoms with E-state index in [4.69, 9.17) is 9.47 Å². The zero-order chi connectivity index (χ0) is 22.1. The van der Waals surface area contributed by atoms with E-state index in [0.29, 0.717) is 44.9 Å². The summed E-state index contributed by atoms with van der Waals surface area (Å²) in [5.74, 6) is 1.45. The number of hydrogen-bond acceptors (Lipinski definition) is 5. The van der Waals surface area contributed by atoms with Gasteiger partial charge in [0.25, 0.3) is 0 Å². The quantitative estimate of drug-likeness (QED) is 0.564. The first kappa shape index (κ1) is 22.4. The minimum absolute atomic E-state index is 0.0672. The fourth-order valence-electron chi connectivity index (χ4n) is 3.31. The van der Waals surface area contributed by atoms with Gasteiger partial charge in [-0.05, 0) is 43.3 Å². The van der Waals surface area contributed by atoms with Crippen LogP contribution < -0.4 is 25.4 Å². The zero-order valence-corrected chi connectivity index (χ0v) is 18.0. The number of aryl methyl sites for hydroxylation is 1. The number of carbonyl (C=O) groups excluding carboxylic acids is 2. The maximum absolute atomic E-state index is 12.6. The van der Waals surface area contributed by atoms with Crippen LogP contribution in [0.5, 0.6) is 11.5 Å². The standard InChI is InChI=1S/C23H30N4O4/c1-17-3-7-21(8-4-17)31-14-12-25-22(28)15-19-16-27(13-11-24-19)23(29)26-18-5-9-20(30-2)10-6-18/h3-10,19,24H,11-16H2,1-2H3,(H,25,28)(H,26,29). The molecule has 2 aromatic rings. The number of anilines is 1. The van der Waals surface area contributed by atoms with Gasteiger partial charge in [-0.15, -0.1) is 0 Å². The van der Waals surface area contributed by atoms with Crippen molar-refractivity contribution in [3.8, 4) is 11.5 Å². The summed E-state index contributed by atoms with van der Waals surface area (Å²) in [5.41, 5.74) is 1.87. The lowest BCUT2D eigenvalue weighted by Crippen LogP contribution is -2.54. The third-order valence-electron chi connectivity index (χ3n) is 5.03. The van der Waals surface area contributed by atoms with Crippen molar-refractivity contribution in [1.82, 2.24) is 15.5 Å². The van der Waals surface area contributed by atoms with Crippen molar-refractivity contribution in [3.63, 3.8) is 0 Å². The number of rotatable bonds is 8. The van der Waals surface area contributed by atoms with Gasteiger partial charge >= 0.3 is 6.03 Å². The Morgan fingerprint density at radius 2 is 1.81 bits per heavy atom. The molecule has 3 N–H and O–H groups in total. The summed E-state index contributed by atoms with van der Waals surface area (Å²) in [6.45, 7) is 4.56. The Balaban J connectivity index is 1.37. The van der Waals surface area contributed by atoms with Gasteiger partial charge in [0.1, 0.15) is 18.1 Å². The van der Waals surface area contributed by atoms with Gasteiger partial charge in [0.2, 0.25) is 5.91 Å². The predicted octanol–water partition coefficient (Wildman–Crippen LogP) is 2.39. The van der Waals surface area contributed by atoms with Crippen molar-refractivity contribution in [2.75, 3.05) is 45.2 Å². The van der Waals surface area contributed by atoms with E-state index >= 15 is 0 Å². The minimum Gasteiger partial charge on any atom is -0.497 e. The highest BCUT2D eigenvalue weighted by Crippen LogP contribution is 2.16. The highest BCUT2D eigenvalue weighted by molar-refractivity contribution is 5.89. The lowest BCUT2D eigenvalue weighted by atomic mass is 10.1. The molecule has 1 aliphatic heterocycles. The third-order valence-corrected chi connectivity index (χ3v) is 5.03. The van der Waals surface area contributed by atoms with Crippen molar-refractivity contribution in [2.45, 2.75) is 19.4 Å². The molecule has 2 aromatic carbocycles. The number of ether oxygens (including phenoxy) is 2. The van der Waals surface area contributed by atoms with Crippen molar-refractivity contribution >= 4 is 17.6 Å². The number of urea groups is 1. The Morgan fingerprint density at radius 1 is 1.10 bits per heavy atom. The molecular formula is C23H30N4O4. The molecule has 0 aromatic heterocycles. The van der Waals surface area contributed by atoms with Crippen LogP contribution in [0.4, 0.5) is 10.5 Å². The number of hydrogen-bond donors (Lipinski definition) is 3. The predicted molar refractivity (Wildman–Crippen MR) is 120 cm³/mol. The first-order valence-electron chi connectivity index (χ1n) is 10.4. The van der Waals surface area contributed by atoms with Gasteiger partial charge in [-0.1, -0.05) is 17.7 Å². The number of carbonyl (C=O) groups is 2. The van der Waals surface area contributed by atoms with E-state index in [0.717, 1.165) is 11.5 Å². The van der Waals surface area contributed by atoms with Gasteiger partial charge in [0.15, 0.2) is 0 Å². The summed E-state index contributed by atoms with van der Waals surface area (Å²) < 4.78 is 10.7. The number of benzene rings is 2. The Labute approximate surface area is 182 Å². The Kier molecular flexibility index (Phi) is 8.12. The fourth-order valence-corrected chi connectivity index (χ4v) is 3.31. The second-order valence-electron chi connectivity index (χ2n) is 7.47. The molecular weight excluding hydrogens is 396 g/mol. The van der Waals surface area contributed by atoms with E-state index in [1.807, 2.05) is 31.2 Å². The Morgan fingerprint density at radius 3 is 2.52 bits per heavy atom.